The van der Waals surface area contributed by atoms with E-state index in [1.165, 1.54) is 32.9 Å². The van der Waals surface area contributed by atoms with Crippen LogP contribution in [0.15, 0.2) is 221 Å². The predicted octanol–water partition coefficient (Wildman–Crippen LogP) is 15.7. The van der Waals surface area contributed by atoms with E-state index in [4.69, 9.17) is 18.8 Å². The summed E-state index contributed by atoms with van der Waals surface area (Å²) in [4.78, 5) is 10.0. The van der Waals surface area contributed by atoms with E-state index in [1.807, 2.05) is 48.5 Å². The van der Waals surface area contributed by atoms with Gasteiger partial charge in [0.25, 0.3) is 0 Å². The Hall–Kier alpha value is -8.54. The van der Waals surface area contributed by atoms with E-state index in [0.717, 1.165) is 88.8 Å². The molecule has 0 bridgehead atoms. The van der Waals surface area contributed by atoms with Gasteiger partial charge >= 0.3 is 0 Å². The van der Waals surface area contributed by atoms with Crippen molar-refractivity contribution in [2.75, 3.05) is 0 Å². The molecule has 0 saturated carbocycles. The first kappa shape index (κ1) is 35.2. The number of hydrogen-bond acceptors (Lipinski definition) is 4. The quantitative estimate of drug-likeness (QED) is 0.168. The molecule has 5 heteroatoms. The van der Waals surface area contributed by atoms with Gasteiger partial charge in [-0.3, -0.25) is 0 Å². The third-order valence-corrected chi connectivity index (χ3v) is 12.4. The van der Waals surface area contributed by atoms with Crippen molar-refractivity contribution in [3.05, 3.63) is 212 Å². The molecular weight excluding hydrogens is 771 g/mol. The number of para-hydroxylation sites is 1. The van der Waals surface area contributed by atoms with Crippen LogP contribution in [0.4, 0.5) is 0 Å². The lowest BCUT2D eigenvalue weighted by Crippen LogP contribution is -1.95. The molecule has 0 fully saturated rings. The third kappa shape index (κ3) is 5.86. The fourth-order valence-electron chi connectivity index (χ4n) is 9.32. The van der Waals surface area contributed by atoms with Gasteiger partial charge in [0.15, 0.2) is 5.82 Å². The minimum atomic E-state index is 0.681. The third-order valence-electron chi connectivity index (χ3n) is 12.4. The number of hydrogen-bond donors (Lipinski definition) is 0. The van der Waals surface area contributed by atoms with Crippen molar-refractivity contribution in [1.29, 1.82) is 0 Å². The first-order valence-corrected chi connectivity index (χ1v) is 21.2. The van der Waals surface area contributed by atoms with Gasteiger partial charge in [-0.05, 0) is 101 Å². The Labute approximate surface area is 361 Å². The normalized spacial score (nSPS) is 11.8. The summed E-state index contributed by atoms with van der Waals surface area (Å²) in [5, 5.41) is 6.53. The average Bonchev–Trinajstić information content (AvgIpc) is 4.01. The molecular formula is C58H35N3O2. The van der Waals surface area contributed by atoms with E-state index in [1.54, 1.807) is 0 Å². The van der Waals surface area contributed by atoms with Crippen LogP contribution in [0.2, 0.25) is 0 Å². The van der Waals surface area contributed by atoms with Gasteiger partial charge in [0.05, 0.1) is 22.4 Å². The van der Waals surface area contributed by atoms with Crippen LogP contribution in [0.3, 0.4) is 0 Å². The second-order valence-electron chi connectivity index (χ2n) is 16.2. The molecule has 0 spiro atoms. The van der Waals surface area contributed by atoms with E-state index >= 15 is 0 Å². The van der Waals surface area contributed by atoms with Gasteiger partial charge in [0, 0.05) is 54.7 Å². The van der Waals surface area contributed by atoms with Gasteiger partial charge in [-0.15, -0.1) is 0 Å². The highest BCUT2D eigenvalue weighted by atomic mass is 16.3. The van der Waals surface area contributed by atoms with Crippen molar-refractivity contribution in [2.45, 2.75) is 0 Å². The van der Waals surface area contributed by atoms with Crippen LogP contribution in [0.5, 0.6) is 0 Å². The maximum atomic E-state index is 6.67. The summed E-state index contributed by atoms with van der Waals surface area (Å²) in [6.45, 7) is 0. The molecule has 13 aromatic rings. The molecule has 0 aliphatic carbocycles. The van der Waals surface area contributed by atoms with E-state index in [9.17, 15) is 0 Å². The van der Waals surface area contributed by atoms with Crippen molar-refractivity contribution >= 4 is 65.7 Å². The molecule has 0 amide bonds. The highest BCUT2D eigenvalue weighted by Gasteiger charge is 2.18. The molecule has 0 aliphatic rings. The predicted molar refractivity (Wildman–Crippen MR) is 258 cm³/mol. The lowest BCUT2D eigenvalue weighted by atomic mass is 9.99. The Balaban J connectivity index is 0.895. The van der Waals surface area contributed by atoms with Crippen molar-refractivity contribution in [3.63, 3.8) is 0 Å². The van der Waals surface area contributed by atoms with Gasteiger partial charge in [0.1, 0.15) is 22.3 Å². The van der Waals surface area contributed by atoms with Crippen molar-refractivity contribution < 1.29 is 8.83 Å². The van der Waals surface area contributed by atoms with Crippen LogP contribution < -0.4 is 0 Å². The number of nitrogens with zero attached hydrogens (tertiary/aromatic N) is 3. The molecule has 5 nitrogen and oxygen atoms in total. The van der Waals surface area contributed by atoms with E-state index in [2.05, 4.69) is 168 Å². The molecule has 0 saturated heterocycles. The maximum absolute atomic E-state index is 6.67. The van der Waals surface area contributed by atoms with Crippen LogP contribution in [0, 0.1) is 0 Å². The highest BCUT2D eigenvalue weighted by molar-refractivity contribution is 6.16. The number of rotatable bonds is 6. The van der Waals surface area contributed by atoms with Crippen LogP contribution in [-0.2, 0) is 0 Å². The zero-order chi connectivity index (χ0) is 41.4. The standard InChI is InChI=1S/C58H35N3O2/c1-5-13-36(14-6-1)39-23-27-52-46(29-39)47-30-40(24-28-53(47)61(52)43-19-11-4-12-20-43)41-21-25-44-48-33-57-49(34-56(48)62-54(44)31-41)45-26-22-42(32-55(45)63-57)51-35-50(37-15-7-2-8-16-37)59-58(60-51)38-17-9-3-10-18-38/h1-35H. The minimum absolute atomic E-state index is 0.681. The molecule has 63 heavy (non-hydrogen) atoms. The Morgan fingerprint density at radius 3 is 1.30 bits per heavy atom. The second kappa shape index (κ2) is 14.0. The van der Waals surface area contributed by atoms with Gasteiger partial charge in [-0.2, -0.15) is 0 Å². The van der Waals surface area contributed by atoms with Crippen molar-refractivity contribution in [1.82, 2.24) is 14.5 Å². The Morgan fingerprint density at radius 2 is 0.714 bits per heavy atom. The molecule has 0 radical (unpaired) electrons. The van der Waals surface area contributed by atoms with Crippen LogP contribution in [-0.4, -0.2) is 14.5 Å². The summed E-state index contributed by atoms with van der Waals surface area (Å²) in [7, 11) is 0. The maximum Gasteiger partial charge on any atom is 0.160 e. The molecule has 4 heterocycles. The molecule has 294 valence electrons. The van der Waals surface area contributed by atoms with Gasteiger partial charge in [-0.25, -0.2) is 9.97 Å². The van der Waals surface area contributed by atoms with Crippen LogP contribution in [0.25, 0.3) is 128 Å². The Morgan fingerprint density at radius 1 is 0.286 bits per heavy atom. The van der Waals surface area contributed by atoms with E-state index in [-0.39, 0.29) is 0 Å². The highest BCUT2D eigenvalue weighted by Crippen LogP contribution is 2.41. The monoisotopic (exact) mass is 805 g/mol. The first-order chi connectivity index (χ1) is 31.2. The smallest absolute Gasteiger partial charge is 0.160 e. The van der Waals surface area contributed by atoms with Crippen LogP contribution in [0.1, 0.15) is 0 Å². The van der Waals surface area contributed by atoms with Crippen molar-refractivity contribution in [3.8, 4) is 61.8 Å². The average molecular weight is 806 g/mol. The summed E-state index contributed by atoms with van der Waals surface area (Å²) in [6, 6.07) is 74.4. The molecule has 0 unspecified atom stereocenters. The van der Waals surface area contributed by atoms with Crippen molar-refractivity contribution in [2.24, 2.45) is 0 Å². The van der Waals surface area contributed by atoms with Gasteiger partial charge in [0.2, 0.25) is 0 Å². The zero-order valence-corrected chi connectivity index (χ0v) is 33.9. The summed E-state index contributed by atoms with van der Waals surface area (Å²) < 4.78 is 15.7. The topological polar surface area (TPSA) is 57.0 Å². The molecule has 0 N–H and O–H groups in total. The molecule has 4 aromatic heterocycles. The Kier molecular flexibility index (Phi) is 7.84. The lowest BCUT2D eigenvalue weighted by Gasteiger charge is -2.09. The van der Waals surface area contributed by atoms with Crippen LogP contribution >= 0.6 is 0 Å². The number of fused-ring (bicyclic) bond motifs is 9. The summed E-state index contributed by atoms with van der Waals surface area (Å²) in [5.74, 6) is 0.681. The molecule has 13 rings (SSSR count). The van der Waals surface area contributed by atoms with E-state index < -0.39 is 0 Å². The fraction of sp³-hybridized carbons (Fsp3) is 0. The second-order valence-corrected chi connectivity index (χ2v) is 16.2. The zero-order valence-electron chi connectivity index (χ0n) is 33.9. The fourth-order valence-corrected chi connectivity index (χ4v) is 9.32. The van der Waals surface area contributed by atoms with Gasteiger partial charge < -0.3 is 13.4 Å². The SMILES string of the molecule is c1ccc(-c2ccc3c(c2)c2cc(-c4ccc5c(c4)oc4cc6c(cc45)oc4cc(-c5cc(-c7ccccc7)nc(-c7ccccc7)n5)ccc46)ccc2n3-c2ccccc2)cc1. The number of furan rings is 2. The minimum Gasteiger partial charge on any atom is -0.456 e. The molecule has 9 aromatic carbocycles. The van der Waals surface area contributed by atoms with Gasteiger partial charge in [-0.1, -0.05) is 133 Å². The number of aromatic nitrogens is 3. The lowest BCUT2D eigenvalue weighted by molar-refractivity contribution is 0.664. The summed E-state index contributed by atoms with van der Waals surface area (Å²) in [6.07, 6.45) is 0. The Bertz CT molecular complexity index is 3830. The molecule has 0 aliphatic heterocycles. The summed E-state index contributed by atoms with van der Waals surface area (Å²) in [5.41, 5.74) is 16.1. The van der Waals surface area contributed by atoms with E-state index in [0.29, 0.717) is 5.82 Å². The largest absolute Gasteiger partial charge is 0.456 e. The molecule has 0 atom stereocenters. The number of benzene rings is 9. The first-order valence-electron chi connectivity index (χ1n) is 21.2. The summed E-state index contributed by atoms with van der Waals surface area (Å²) >= 11 is 0.